The molecule has 5 nitrogen and oxygen atoms in total. The Morgan fingerprint density at radius 2 is 1.88 bits per heavy atom. The second kappa shape index (κ2) is 8.16. The molecule has 1 unspecified atom stereocenters. The minimum absolute atomic E-state index is 0.0274. The van der Waals surface area contributed by atoms with Crippen molar-refractivity contribution in [3.8, 4) is 0 Å². The van der Waals surface area contributed by atoms with Gasteiger partial charge in [0.1, 0.15) is 0 Å². The van der Waals surface area contributed by atoms with Gasteiger partial charge < -0.3 is 10.2 Å². The van der Waals surface area contributed by atoms with Crippen LogP contribution >= 0.6 is 11.8 Å². The van der Waals surface area contributed by atoms with Crippen molar-refractivity contribution in [3.63, 3.8) is 0 Å². The van der Waals surface area contributed by atoms with E-state index in [1.165, 1.54) is 10.5 Å². The second-order valence-corrected chi connectivity index (χ2v) is 8.47. The molecule has 3 rings (SSSR count). The largest absolute Gasteiger partial charge is 0.331 e. The molecule has 0 spiro atoms. The highest BCUT2D eigenvalue weighted by Gasteiger charge is 2.25. The van der Waals surface area contributed by atoms with Crippen LogP contribution in [0.3, 0.4) is 0 Å². The van der Waals surface area contributed by atoms with Crippen molar-refractivity contribution in [1.82, 2.24) is 20.0 Å². The molecule has 1 aromatic heterocycles. The number of hydrogen-bond acceptors (Lipinski definition) is 3. The van der Waals surface area contributed by atoms with Crippen LogP contribution in [0.15, 0.2) is 35.4 Å². The number of nitrogens with zero attached hydrogens (tertiary/aromatic N) is 3. The lowest BCUT2D eigenvalue weighted by Gasteiger charge is -2.32. The van der Waals surface area contributed by atoms with E-state index in [4.69, 9.17) is 0 Å². The molecule has 1 N–H and O–H groups in total. The Labute approximate surface area is 160 Å². The Kier molecular flexibility index (Phi) is 5.91. The molecule has 2 amide bonds. The maximum absolute atomic E-state index is 12.6. The van der Waals surface area contributed by atoms with Crippen LogP contribution in [0.25, 0.3) is 0 Å². The summed E-state index contributed by atoms with van der Waals surface area (Å²) in [5, 5.41) is 7.96. The Morgan fingerprint density at radius 1 is 1.23 bits per heavy atom. The van der Waals surface area contributed by atoms with Gasteiger partial charge in [-0.3, -0.25) is 4.68 Å². The SMILES string of the molecule is Cc1ccc(SC2CCN(C(=O)NC(C)c3cnn(C)c3C)CC2)cc1. The van der Waals surface area contributed by atoms with E-state index in [1.807, 2.05) is 48.4 Å². The average Bonchev–Trinajstić information content (AvgIpc) is 2.97. The summed E-state index contributed by atoms with van der Waals surface area (Å²) >= 11 is 1.93. The molecule has 26 heavy (non-hydrogen) atoms. The number of carbonyl (C=O) groups excluding carboxylic acids is 1. The van der Waals surface area contributed by atoms with Gasteiger partial charge >= 0.3 is 6.03 Å². The number of amides is 2. The van der Waals surface area contributed by atoms with Crippen LogP contribution in [-0.4, -0.2) is 39.1 Å². The van der Waals surface area contributed by atoms with Crippen LogP contribution in [0.1, 0.15) is 42.6 Å². The lowest BCUT2D eigenvalue weighted by Crippen LogP contribution is -2.45. The van der Waals surface area contributed by atoms with Gasteiger partial charge in [0.2, 0.25) is 0 Å². The molecular weight excluding hydrogens is 344 g/mol. The zero-order valence-corrected chi connectivity index (χ0v) is 16.8. The van der Waals surface area contributed by atoms with Crippen molar-refractivity contribution in [2.75, 3.05) is 13.1 Å². The Morgan fingerprint density at radius 3 is 2.46 bits per heavy atom. The standard InChI is InChI=1S/C20H28N4OS/c1-14-5-7-17(8-6-14)26-18-9-11-24(12-10-18)20(25)22-15(2)19-13-21-23(4)16(19)3/h5-8,13,15,18H,9-12H2,1-4H3,(H,22,25). The summed E-state index contributed by atoms with van der Waals surface area (Å²) in [5.74, 6) is 0. The third-order valence-electron chi connectivity index (χ3n) is 5.13. The first-order valence-corrected chi connectivity index (χ1v) is 10.1. The molecule has 1 aromatic carbocycles. The normalized spacial score (nSPS) is 16.5. The molecule has 0 aliphatic carbocycles. The number of piperidine rings is 1. The summed E-state index contributed by atoms with van der Waals surface area (Å²) in [6.07, 6.45) is 3.91. The number of nitrogens with one attached hydrogen (secondary N) is 1. The molecule has 1 saturated heterocycles. The predicted octanol–water partition coefficient (Wildman–Crippen LogP) is 4.06. The third kappa shape index (κ3) is 4.41. The molecule has 0 bridgehead atoms. The summed E-state index contributed by atoms with van der Waals surface area (Å²) in [6.45, 7) is 7.78. The van der Waals surface area contributed by atoms with Gasteiger partial charge in [0.15, 0.2) is 0 Å². The van der Waals surface area contributed by atoms with Crippen molar-refractivity contribution in [2.45, 2.75) is 49.8 Å². The Hall–Kier alpha value is -1.95. The number of aromatic nitrogens is 2. The smallest absolute Gasteiger partial charge is 0.317 e. The molecule has 6 heteroatoms. The van der Waals surface area contributed by atoms with E-state index < -0.39 is 0 Å². The molecule has 1 atom stereocenters. The first-order chi connectivity index (χ1) is 12.4. The molecule has 0 saturated carbocycles. The van der Waals surface area contributed by atoms with Crippen molar-refractivity contribution in [3.05, 3.63) is 47.3 Å². The van der Waals surface area contributed by atoms with Crippen LogP contribution in [0.5, 0.6) is 0 Å². The van der Waals surface area contributed by atoms with Gasteiger partial charge in [0, 0.05) is 41.5 Å². The highest BCUT2D eigenvalue weighted by Crippen LogP contribution is 2.30. The first-order valence-electron chi connectivity index (χ1n) is 9.21. The van der Waals surface area contributed by atoms with Gasteiger partial charge in [0.25, 0.3) is 0 Å². The number of aryl methyl sites for hydroxylation is 2. The van der Waals surface area contributed by atoms with Crippen molar-refractivity contribution in [2.24, 2.45) is 7.05 Å². The highest BCUT2D eigenvalue weighted by molar-refractivity contribution is 8.00. The summed E-state index contributed by atoms with van der Waals surface area (Å²) < 4.78 is 1.84. The van der Waals surface area contributed by atoms with E-state index in [1.54, 1.807) is 0 Å². The topological polar surface area (TPSA) is 50.2 Å². The predicted molar refractivity (Wildman–Crippen MR) is 107 cm³/mol. The zero-order chi connectivity index (χ0) is 18.7. The fourth-order valence-corrected chi connectivity index (χ4v) is 4.41. The van der Waals surface area contributed by atoms with E-state index in [0.29, 0.717) is 5.25 Å². The number of likely N-dealkylation sites (tertiary alicyclic amines) is 1. The lowest BCUT2D eigenvalue weighted by atomic mass is 10.1. The van der Waals surface area contributed by atoms with Crippen LogP contribution in [-0.2, 0) is 7.05 Å². The summed E-state index contributed by atoms with van der Waals surface area (Å²) in [6, 6.07) is 8.70. The molecule has 0 radical (unpaired) electrons. The first kappa shape index (κ1) is 18.8. The quantitative estimate of drug-likeness (QED) is 0.880. The number of benzene rings is 1. The van der Waals surface area contributed by atoms with Crippen LogP contribution in [0.4, 0.5) is 4.79 Å². The van der Waals surface area contributed by atoms with E-state index in [-0.39, 0.29) is 12.1 Å². The lowest BCUT2D eigenvalue weighted by molar-refractivity contribution is 0.184. The maximum Gasteiger partial charge on any atom is 0.317 e. The van der Waals surface area contributed by atoms with Crippen molar-refractivity contribution >= 4 is 17.8 Å². The second-order valence-electron chi connectivity index (χ2n) is 7.10. The number of carbonyl (C=O) groups is 1. The van der Waals surface area contributed by atoms with Gasteiger partial charge in [-0.05, 0) is 45.7 Å². The average molecular weight is 373 g/mol. The van der Waals surface area contributed by atoms with E-state index in [0.717, 1.165) is 37.2 Å². The van der Waals surface area contributed by atoms with Crippen molar-refractivity contribution in [1.29, 1.82) is 0 Å². The monoisotopic (exact) mass is 372 g/mol. The van der Waals surface area contributed by atoms with Crippen LogP contribution in [0.2, 0.25) is 0 Å². The van der Waals surface area contributed by atoms with E-state index in [2.05, 4.69) is 41.6 Å². The molecule has 2 aromatic rings. The fourth-order valence-electron chi connectivity index (χ4n) is 3.28. The molecule has 140 valence electrons. The summed E-state index contributed by atoms with van der Waals surface area (Å²) in [4.78, 5) is 15.8. The molecule has 1 aliphatic heterocycles. The fraction of sp³-hybridized carbons (Fsp3) is 0.500. The Balaban J connectivity index is 1.48. The van der Waals surface area contributed by atoms with Gasteiger partial charge in [-0.25, -0.2) is 4.79 Å². The molecule has 2 heterocycles. The van der Waals surface area contributed by atoms with Crippen LogP contribution in [0, 0.1) is 13.8 Å². The number of urea groups is 1. The van der Waals surface area contributed by atoms with Gasteiger partial charge in [0.05, 0.1) is 12.2 Å². The molecular formula is C20H28N4OS. The minimum Gasteiger partial charge on any atom is -0.331 e. The third-order valence-corrected chi connectivity index (χ3v) is 6.48. The summed E-state index contributed by atoms with van der Waals surface area (Å²) in [7, 11) is 1.92. The van der Waals surface area contributed by atoms with Crippen molar-refractivity contribution < 1.29 is 4.79 Å². The van der Waals surface area contributed by atoms with Gasteiger partial charge in [-0.15, -0.1) is 11.8 Å². The van der Waals surface area contributed by atoms with Gasteiger partial charge in [-0.2, -0.15) is 5.10 Å². The molecule has 1 aliphatic rings. The Bertz CT molecular complexity index is 748. The molecule has 1 fully saturated rings. The highest BCUT2D eigenvalue weighted by atomic mass is 32.2. The summed E-state index contributed by atoms with van der Waals surface area (Å²) in [5.41, 5.74) is 3.45. The maximum atomic E-state index is 12.6. The zero-order valence-electron chi connectivity index (χ0n) is 16.0. The minimum atomic E-state index is -0.0316. The number of hydrogen-bond donors (Lipinski definition) is 1. The van der Waals surface area contributed by atoms with E-state index >= 15 is 0 Å². The number of thioether (sulfide) groups is 1. The van der Waals surface area contributed by atoms with Gasteiger partial charge in [-0.1, -0.05) is 17.7 Å². The van der Waals surface area contributed by atoms with Crippen LogP contribution < -0.4 is 5.32 Å². The number of rotatable bonds is 4. The van der Waals surface area contributed by atoms with E-state index in [9.17, 15) is 4.79 Å².